The zero-order valence-electron chi connectivity index (χ0n) is 10.5. The van der Waals surface area contributed by atoms with Gasteiger partial charge in [0.15, 0.2) is 11.4 Å². The van der Waals surface area contributed by atoms with Gasteiger partial charge in [0.1, 0.15) is 11.6 Å². The fourth-order valence-electron chi connectivity index (χ4n) is 1.72. The zero-order chi connectivity index (χ0) is 13.3. The molecule has 2 rings (SSSR count). The van der Waals surface area contributed by atoms with Crippen LogP contribution in [-0.4, -0.2) is 16.7 Å². The third kappa shape index (κ3) is 2.40. The van der Waals surface area contributed by atoms with E-state index in [4.69, 9.17) is 4.42 Å². The molecule has 0 bridgehead atoms. The maximum Gasteiger partial charge on any atom is 0.217 e. The SMILES string of the molecule is CC(=O)NC(C)c1nc2cc(C(C)=O)ccc2o1. The van der Waals surface area contributed by atoms with Crippen LogP contribution < -0.4 is 5.32 Å². The Hall–Kier alpha value is -2.17. The Kier molecular flexibility index (Phi) is 3.14. The zero-order valence-corrected chi connectivity index (χ0v) is 10.5. The molecule has 0 aliphatic carbocycles. The lowest BCUT2D eigenvalue weighted by Crippen LogP contribution is -2.23. The summed E-state index contributed by atoms with van der Waals surface area (Å²) in [6, 6.07) is 4.80. The summed E-state index contributed by atoms with van der Waals surface area (Å²) in [6.45, 7) is 4.73. The molecular weight excluding hydrogens is 232 g/mol. The Bertz CT molecular complexity index is 616. The summed E-state index contributed by atoms with van der Waals surface area (Å²) >= 11 is 0. The number of rotatable bonds is 3. The average molecular weight is 246 g/mol. The van der Waals surface area contributed by atoms with Crippen LogP contribution in [0.1, 0.15) is 43.1 Å². The lowest BCUT2D eigenvalue weighted by atomic mass is 10.1. The van der Waals surface area contributed by atoms with Gasteiger partial charge < -0.3 is 9.73 Å². The van der Waals surface area contributed by atoms with E-state index in [1.165, 1.54) is 13.8 Å². The summed E-state index contributed by atoms with van der Waals surface area (Å²) in [5.74, 6) is 0.270. The summed E-state index contributed by atoms with van der Waals surface area (Å²) in [6.07, 6.45) is 0. The van der Waals surface area contributed by atoms with Crippen molar-refractivity contribution < 1.29 is 14.0 Å². The number of aromatic nitrogens is 1. The number of hydrogen-bond acceptors (Lipinski definition) is 4. The van der Waals surface area contributed by atoms with Crippen LogP contribution in [-0.2, 0) is 4.79 Å². The van der Waals surface area contributed by atoms with Crippen LogP contribution in [0.25, 0.3) is 11.1 Å². The van der Waals surface area contributed by atoms with Crippen molar-refractivity contribution in [2.24, 2.45) is 0 Å². The summed E-state index contributed by atoms with van der Waals surface area (Å²) in [4.78, 5) is 26.5. The van der Waals surface area contributed by atoms with Crippen molar-refractivity contribution >= 4 is 22.8 Å². The molecule has 1 unspecified atom stereocenters. The lowest BCUT2D eigenvalue weighted by molar-refractivity contribution is -0.119. The Morgan fingerprint density at radius 1 is 1.33 bits per heavy atom. The van der Waals surface area contributed by atoms with Gasteiger partial charge in [0.25, 0.3) is 0 Å². The number of amides is 1. The van der Waals surface area contributed by atoms with Gasteiger partial charge in [0.05, 0.1) is 0 Å². The van der Waals surface area contributed by atoms with Crippen LogP contribution >= 0.6 is 0 Å². The second-order valence-corrected chi connectivity index (χ2v) is 4.21. The Morgan fingerprint density at radius 3 is 2.67 bits per heavy atom. The van der Waals surface area contributed by atoms with Crippen LogP contribution in [0, 0.1) is 0 Å². The number of fused-ring (bicyclic) bond motifs is 1. The van der Waals surface area contributed by atoms with E-state index in [0.717, 1.165) is 0 Å². The van der Waals surface area contributed by atoms with E-state index in [0.29, 0.717) is 22.6 Å². The van der Waals surface area contributed by atoms with Crippen molar-refractivity contribution in [1.82, 2.24) is 10.3 Å². The van der Waals surface area contributed by atoms with Gasteiger partial charge in [-0.2, -0.15) is 0 Å². The number of nitrogens with zero attached hydrogens (tertiary/aromatic N) is 1. The molecule has 18 heavy (non-hydrogen) atoms. The first-order chi connectivity index (χ1) is 8.47. The van der Waals surface area contributed by atoms with Gasteiger partial charge in [0, 0.05) is 12.5 Å². The molecule has 2 aromatic rings. The first-order valence-electron chi connectivity index (χ1n) is 5.66. The number of carbonyl (C=O) groups excluding carboxylic acids is 2. The monoisotopic (exact) mass is 246 g/mol. The molecular formula is C13H14N2O3. The quantitative estimate of drug-likeness (QED) is 0.843. The molecule has 0 saturated heterocycles. The second kappa shape index (κ2) is 4.60. The van der Waals surface area contributed by atoms with Crippen molar-refractivity contribution in [2.45, 2.75) is 26.8 Å². The molecule has 0 spiro atoms. The fraction of sp³-hybridized carbons (Fsp3) is 0.308. The maximum absolute atomic E-state index is 11.3. The van der Waals surface area contributed by atoms with Crippen molar-refractivity contribution in [3.05, 3.63) is 29.7 Å². The Balaban J connectivity index is 2.38. The number of benzene rings is 1. The molecule has 1 heterocycles. The highest BCUT2D eigenvalue weighted by atomic mass is 16.3. The van der Waals surface area contributed by atoms with Gasteiger partial charge in [-0.05, 0) is 32.0 Å². The summed E-state index contributed by atoms with van der Waals surface area (Å²) in [5, 5.41) is 2.70. The summed E-state index contributed by atoms with van der Waals surface area (Å²) in [7, 11) is 0. The van der Waals surface area contributed by atoms with E-state index in [1.807, 2.05) is 0 Å². The number of carbonyl (C=O) groups is 2. The molecule has 1 amide bonds. The van der Waals surface area contributed by atoms with Crippen LogP contribution in [0.3, 0.4) is 0 Å². The van der Waals surface area contributed by atoms with E-state index in [9.17, 15) is 9.59 Å². The van der Waals surface area contributed by atoms with Crippen LogP contribution in [0.15, 0.2) is 22.6 Å². The normalized spacial score (nSPS) is 12.4. The first kappa shape index (κ1) is 12.3. The lowest BCUT2D eigenvalue weighted by Gasteiger charge is -2.06. The first-order valence-corrected chi connectivity index (χ1v) is 5.66. The molecule has 1 aromatic carbocycles. The summed E-state index contributed by atoms with van der Waals surface area (Å²) in [5.41, 5.74) is 1.82. The minimum Gasteiger partial charge on any atom is -0.438 e. The number of nitrogens with one attached hydrogen (secondary N) is 1. The molecule has 0 fully saturated rings. The van der Waals surface area contributed by atoms with E-state index < -0.39 is 0 Å². The minimum atomic E-state index is -0.296. The standard InChI is InChI=1S/C13H14N2O3/c1-7(14-9(3)17)13-15-11-6-10(8(2)16)4-5-12(11)18-13/h4-7H,1-3H3,(H,14,17). The molecule has 5 nitrogen and oxygen atoms in total. The third-order valence-electron chi connectivity index (χ3n) is 2.60. The van der Waals surface area contributed by atoms with E-state index in [-0.39, 0.29) is 17.7 Å². The molecule has 94 valence electrons. The third-order valence-corrected chi connectivity index (χ3v) is 2.60. The van der Waals surface area contributed by atoms with Crippen molar-refractivity contribution in [3.8, 4) is 0 Å². The molecule has 1 atom stereocenters. The fourth-order valence-corrected chi connectivity index (χ4v) is 1.72. The predicted molar refractivity (Wildman–Crippen MR) is 66.2 cm³/mol. The minimum absolute atomic E-state index is 0.0173. The summed E-state index contributed by atoms with van der Waals surface area (Å²) < 4.78 is 5.53. The van der Waals surface area contributed by atoms with E-state index in [2.05, 4.69) is 10.3 Å². The maximum atomic E-state index is 11.3. The predicted octanol–water partition coefficient (Wildman–Crippen LogP) is 2.23. The average Bonchev–Trinajstić information content (AvgIpc) is 2.70. The van der Waals surface area contributed by atoms with Gasteiger partial charge >= 0.3 is 0 Å². The largest absolute Gasteiger partial charge is 0.438 e. The van der Waals surface area contributed by atoms with Crippen LogP contribution in [0.2, 0.25) is 0 Å². The number of oxazole rings is 1. The number of hydrogen-bond donors (Lipinski definition) is 1. The highest BCUT2D eigenvalue weighted by molar-refractivity contribution is 5.96. The Labute approximate surface area is 104 Å². The molecule has 0 aliphatic rings. The molecule has 5 heteroatoms. The second-order valence-electron chi connectivity index (χ2n) is 4.21. The molecule has 0 radical (unpaired) electrons. The molecule has 1 N–H and O–H groups in total. The smallest absolute Gasteiger partial charge is 0.217 e. The van der Waals surface area contributed by atoms with Gasteiger partial charge in [0.2, 0.25) is 11.8 Å². The van der Waals surface area contributed by atoms with Gasteiger partial charge in [-0.15, -0.1) is 0 Å². The highest BCUT2D eigenvalue weighted by Crippen LogP contribution is 2.21. The Morgan fingerprint density at radius 2 is 2.06 bits per heavy atom. The van der Waals surface area contributed by atoms with Crippen molar-refractivity contribution in [1.29, 1.82) is 0 Å². The van der Waals surface area contributed by atoms with Gasteiger partial charge in [-0.3, -0.25) is 9.59 Å². The number of ketones is 1. The van der Waals surface area contributed by atoms with Gasteiger partial charge in [-0.25, -0.2) is 4.98 Å². The number of Topliss-reactive ketones (excluding diaryl/α,β-unsaturated/α-hetero) is 1. The van der Waals surface area contributed by atoms with E-state index >= 15 is 0 Å². The molecule has 0 saturated carbocycles. The van der Waals surface area contributed by atoms with Crippen LogP contribution in [0.5, 0.6) is 0 Å². The van der Waals surface area contributed by atoms with Crippen molar-refractivity contribution in [3.63, 3.8) is 0 Å². The molecule has 1 aromatic heterocycles. The highest BCUT2D eigenvalue weighted by Gasteiger charge is 2.14. The van der Waals surface area contributed by atoms with Crippen LogP contribution in [0.4, 0.5) is 0 Å². The van der Waals surface area contributed by atoms with Crippen molar-refractivity contribution in [2.75, 3.05) is 0 Å². The topological polar surface area (TPSA) is 72.2 Å². The molecule has 0 aliphatic heterocycles. The van der Waals surface area contributed by atoms with Gasteiger partial charge in [-0.1, -0.05) is 0 Å². The van der Waals surface area contributed by atoms with E-state index in [1.54, 1.807) is 25.1 Å².